The molecule has 2 aliphatic carbocycles. The number of hydrogen-bond acceptors (Lipinski definition) is 9. The minimum atomic E-state index is -1.78. The van der Waals surface area contributed by atoms with Crippen molar-refractivity contribution in [2.24, 2.45) is 5.92 Å². The smallest absolute Gasteiger partial charge is 0.223 e. The van der Waals surface area contributed by atoms with Gasteiger partial charge in [0.05, 0.1) is 18.4 Å². The molecule has 0 aliphatic heterocycles. The van der Waals surface area contributed by atoms with Crippen LogP contribution in [0.1, 0.15) is 36.6 Å². The maximum atomic E-state index is 11.0. The molecule has 6 N–H and O–H groups in total. The van der Waals surface area contributed by atoms with Gasteiger partial charge >= 0.3 is 0 Å². The van der Waals surface area contributed by atoms with Crippen LogP contribution in [-0.4, -0.2) is 54.3 Å². The number of nitrogens with one attached hydrogen (secondary N) is 1. The highest BCUT2D eigenvalue weighted by molar-refractivity contribution is 6.31. The number of aromatic nitrogens is 3. The van der Waals surface area contributed by atoms with E-state index in [9.17, 15) is 15.3 Å². The summed E-state index contributed by atoms with van der Waals surface area (Å²) in [5.74, 6) is 5.94. The number of hydrogen-bond donors (Lipinski definition) is 5. The van der Waals surface area contributed by atoms with Gasteiger partial charge in [-0.25, -0.2) is 4.98 Å². The zero-order chi connectivity index (χ0) is 21.7. The zero-order valence-corrected chi connectivity index (χ0v) is 17.2. The molecule has 0 radical (unpaired) electrons. The Bertz CT molecular complexity index is 1070. The van der Waals surface area contributed by atoms with Gasteiger partial charge in [0.15, 0.2) is 16.7 Å². The number of nitrogens with zero attached hydrogens (tertiary/aromatic N) is 3. The first-order valence-corrected chi connectivity index (χ1v) is 9.94. The molecule has 0 amide bonds. The molecule has 0 bridgehead atoms. The van der Waals surface area contributed by atoms with E-state index in [2.05, 4.69) is 32.1 Å². The summed E-state index contributed by atoms with van der Waals surface area (Å²) < 4.78 is 5.38. The largest absolute Gasteiger partial charge is 0.478 e. The summed E-state index contributed by atoms with van der Waals surface area (Å²) in [5, 5.41) is 34.4. The molecule has 4 unspecified atom stereocenters. The lowest BCUT2D eigenvalue weighted by atomic mass is 10.0. The third-order valence-corrected chi connectivity index (χ3v) is 5.92. The average Bonchev–Trinajstić information content (AvgIpc) is 3.10. The molecule has 4 atom stereocenters. The molecule has 0 aromatic carbocycles. The molecule has 158 valence electrons. The van der Waals surface area contributed by atoms with Gasteiger partial charge in [-0.15, -0.1) is 0 Å². The third kappa shape index (κ3) is 3.22. The molecule has 30 heavy (non-hydrogen) atoms. The number of aliphatic hydroxyl groups is 3. The average molecular weight is 432 g/mol. The van der Waals surface area contributed by atoms with Crippen molar-refractivity contribution in [3.8, 4) is 17.7 Å². The van der Waals surface area contributed by atoms with Crippen LogP contribution in [0.15, 0.2) is 12.1 Å². The van der Waals surface area contributed by atoms with E-state index < -0.39 is 23.3 Å². The van der Waals surface area contributed by atoms with Crippen molar-refractivity contribution >= 4 is 23.4 Å². The highest BCUT2D eigenvalue weighted by Crippen LogP contribution is 2.60. The Labute approximate surface area is 178 Å². The molecular weight excluding hydrogens is 410 g/mol. The van der Waals surface area contributed by atoms with Gasteiger partial charge in [0.25, 0.3) is 0 Å². The molecule has 2 aliphatic rings. The molecule has 4 rings (SSSR count). The number of anilines is 2. The van der Waals surface area contributed by atoms with Crippen LogP contribution in [0.2, 0.25) is 5.15 Å². The van der Waals surface area contributed by atoms with Crippen LogP contribution in [0.25, 0.3) is 0 Å². The molecule has 2 fully saturated rings. The second-order valence-electron chi connectivity index (χ2n) is 7.46. The monoisotopic (exact) mass is 431 g/mol. The Kier molecular flexibility index (Phi) is 4.98. The maximum absolute atomic E-state index is 11.0. The topological polar surface area (TPSA) is 147 Å². The molecular formula is C20H22ClN5O4. The van der Waals surface area contributed by atoms with Crippen molar-refractivity contribution in [1.82, 2.24) is 15.0 Å². The van der Waals surface area contributed by atoms with Crippen molar-refractivity contribution in [1.29, 1.82) is 0 Å². The number of nitrogens with two attached hydrogens (primary N) is 1. The second kappa shape index (κ2) is 7.25. The summed E-state index contributed by atoms with van der Waals surface area (Å²) in [6.45, 7) is 4.19. The van der Waals surface area contributed by atoms with Gasteiger partial charge in [0, 0.05) is 17.5 Å². The predicted molar refractivity (Wildman–Crippen MR) is 110 cm³/mol. The van der Waals surface area contributed by atoms with Gasteiger partial charge in [0.2, 0.25) is 11.8 Å². The fraction of sp³-hybridized carbons (Fsp3) is 0.450. The molecule has 2 aromatic heterocycles. The van der Waals surface area contributed by atoms with Gasteiger partial charge in [0.1, 0.15) is 11.2 Å². The van der Waals surface area contributed by atoms with Gasteiger partial charge in [-0.2, -0.15) is 9.97 Å². The first kappa shape index (κ1) is 20.6. The van der Waals surface area contributed by atoms with Gasteiger partial charge in [-0.1, -0.05) is 23.4 Å². The number of aliphatic hydroxyl groups excluding tert-OH is 1. The van der Waals surface area contributed by atoms with E-state index in [0.29, 0.717) is 30.2 Å². The van der Waals surface area contributed by atoms with E-state index in [4.69, 9.17) is 22.1 Å². The highest BCUT2D eigenvalue weighted by Gasteiger charge is 2.78. The third-order valence-electron chi connectivity index (χ3n) is 5.65. The Morgan fingerprint density at radius 1 is 1.30 bits per heavy atom. The summed E-state index contributed by atoms with van der Waals surface area (Å²) >= 11 is 6.25. The van der Waals surface area contributed by atoms with Crippen molar-refractivity contribution in [3.63, 3.8) is 0 Å². The molecule has 2 saturated carbocycles. The number of halogens is 1. The SMILES string of the molecule is CCOc1ccc(C#Cc2c(Cl)nc(N)nc2NC2(O)CCC3C(O)C32O)c(C)n1. The molecule has 2 aromatic rings. The fourth-order valence-corrected chi connectivity index (χ4v) is 4.18. The van der Waals surface area contributed by atoms with E-state index in [1.54, 1.807) is 19.1 Å². The number of nitrogen functional groups attached to an aromatic ring is 1. The van der Waals surface area contributed by atoms with Crippen LogP contribution in [0.3, 0.4) is 0 Å². The van der Waals surface area contributed by atoms with E-state index in [-0.39, 0.29) is 28.9 Å². The first-order valence-electron chi connectivity index (χ1n) is 9.56. The predicted octanol–water partition coefficient (Wildman–Crippen LogP) is 0.830. The minimum absolute atomic E-state index is 0.00414. The molecule has 0 saturated heterocycles. The minimum Gasteiger partial charge on any atom is -0.478 e. The van der Waals surface area contributed by atoms with E-state index in [1.807, 2.05) is 6.92 Å². The van der Waals surface area contributed by atoms with Crippen molar-refractivity contribution in [2.45, 2.75) is 44.1 Å². The van der Waals surface area contributed by atoms with Gasteiger partial charge in [-0.3, -0.25) is 0 Å². The Balaban J connectivity index is 1.68. The maximum Gasteiger partial charge on any atom is 0.223 e. The molecule has 10 heteroatoms. The molecule has 0 spiro atoms. The zero-order valence-electron chi connectivity index (χ0n) is 16.5. The quantitative estimate of drug-likeness (QED) is 0.270. The van der Waals surface area contributed by atoms with Crippen LogP contribution in [0.4, 0.5) is 11.8 Å². The van der Waals surface area contributed by atoms with Crippen LogP contribution >= 0.6 is 11.6 Å². The lowest BCUT2D eigenvalue weighted by molar-refractivity contribution is -0.0852. The van der Waals surface area contributed by atoms with Gasteiger partial charge < -0.3 is 31.1 Å². The van der Waals surface area contributed by atoms with E-state index in [0.717, 1.165) is 0 Å². The summed E-state index contributed by atoms with van der Waals surface area (Å²) in [5.41, 5.74) is 3.80. The van der Waals surface area contributed by atoms with Gasteiger partial charge in [-0.05, 0) is 32.8 Å². The van der Waals surface area contributed by atoms with Crippen LogP contribution in [-0.2, 0) is 0 Å². The summed E-state index contributed by atoms with van der Waals surface area (Å²) in [6.07, 6.45) is -0.319. The Morgan fingerprint density at radius 2 is 2.07 bits per heavy atom. The Morgan fingerprint density at radius 3 is 2.70 bits per heavy atom. The molecule has 2 heterocycles. The number of fused-ring (bicyclic) bond motifs is 1. The number of aryl methyl sites for hydroxylation is 1. The molecule has 9 nitrogen and oxygen atoms in total. The second-order valence-corrected chi connectivity index (χ2v) is 7.82. The number of ether oxygens (including phenoxy) is 1. The lowest BCUT2D eigenvalue weighted by Gasteiger charge is -2.32. The standard InChI is InChI=1S/C20H22ClN5O4/c1-3-30-14-7-5-11(10(2)23-14)4-6-12-16(21)24-18(22)25-17(12)26-19(28)9-8-13-15(27)20(13,19)29/h5,7,13,15,27-29H,3,8-9H2,1-2H3,(H3,22,24,25,26). The first-order chi connectivity index (χ1) is 14.2. The number of rotatable bonds is 4. The summed E-state index contributed by atoms with van der Waals surface area (Å²) in [4.78, 5) is 12.4. The fourth-order valence-electron chi connectivity index (χ4n) is 3.96. The highest BCUT2D eigenvalue weighted by atomic mass is 35.5. The van der Waals surface area contributed by atoms with Crippen molar-refractivity contribution in [2.75, 3.05) is 17.7 Å². The van der Waals surface area contributed by atoms with Crippen molar-refractivity contribution in [3.05, 3.63) is 34.1 Å². The van der Waals surface area contributed by atoms with E-state index in [1.165, 1.54) is 0 Å². The van der Waals surface area contributed by atoms with Crippen LogP contribution < -0.4 is 15.8 Å². The van der Waals surface area contributed by atoms with Crippen molar-refractivity contribution < 1.29 is 20.1 Å². The normalized spacial score (nSPS) is 29.0. The van der Waals surface area contributed by atoms with Crippen LogP contribution in [0.5, 0.6) is 5.88 Å². The summed E-state index contributed by atoms with van der Waals surface area (Å²) in [7, 11) is 0. The lowest BCUT2D eigenvalue weighted by Crippen LogP contribution is -2.51. The van der Waals surface area contributed by atoms with E-state index >= 15 is 0 Å². The summed E-state index contributed by atoms with van der Waals surface area (Å²) in [6, 6.07) is 3.49. The Hall–Kier alpha value is -2.64. The number of pyridine rings is 1. The van der Waals surface area contributed by atoms with Crippen LogP contribution in [0, 0.1) is 24.7 Å².